The van der Waals surface area contributed by atoms with E-state index in [0.29, 0.717) is 17.6 Å². The largest absolute Gasteiger partial charge is 0.362 e. The van der Waals surface area contributed by atoms with Gasteiger partial charge in [-0.3, -0.25) is 4.79 Å². The van der Waals surface area contributed by atoms with E-state index in [9.17, 15) is 4.79 Å². The molecule has 5 heteroatoms. The molecule has 1 fully saturated rings. The number of carbonyl (C=O) groups is 1. The van der Waals surface area contributed by atoms with Crippen molar-refractivity contribution in [1.29, 1.82) is 0 Å². The summed E-state index contributed by atoms with van der Waals surface area (Å²) in [7, 11) is 0. The van der Waals surface area contributed by atoms with Crippen molar-refractivity contribution >= 4 is 11.7 Å². The molecular formula is C16H18N4O. The summed E-state index contributed by atoms with van der Waals surface area (Å²) in [6.07, 6.45) is 2.13. The summed E-state index contributed by atoms with van der Waals surface area (Å²) in [5.74, 6) is 0.516. The number of hydrogen-bond acceptors (Lipinski definition) is 4. The number of nitrogens with zero attached hydrogens (tertiary/aromatic N) is 2. The molecule has 1 aliphatic rings. The molecule has 1 heterocycles. The predicted octanol–water partition coefficient (Wildman–Crippen LogP) is 2.54. The lowest BCUT2D eigenvalue weighted by Gasteiger charge is -2.14. The number of nitrogens with one attached hydrogen (secondary N) is 2. The molecule has 1 unspecified atom stereocenters. The minimum absolute atomic E-state index is 0.131. The number of amides is 1. The molecule has 0 bridgehead atoms. The Hall–Kier alpha value is -2.43. The molecule has 3 rings (SSSR count). The summed E-state index contributed by atoms with van der Waals surface area (Å²) in [5.41, 5.74) is 1.54. The third kappa shape index (κ3) is 3.56. The second-order valence-corrected chi connectivity index (χ2v) is 5.33. The van der Waals surface area contributed by atoms with Gasteiger partial charge in [-0.1, -0.05) is 30.3 Å². The average molecular weight is 282 g/mol. The molecule has 1 saturated carbocycles. The lowest BCUT2D eigenvalue weighted by atomic mass is 10.1. The van der Waals surface area contributed by atoms with Crippen LogP contribution in [-0.4, -0.2) is 22.1 Å². The topological polar surface area (TPSA) is 66.9 Å². The van der Waals surface area contributed by atoms with Crippen molar-refractivity contribution in [2.24, 2.45) is 0 Å². The maximum atomic E-state index is 11.8. The van der Waals surface area contributed by atoms with Crippen LogP contribution in [0.2, 0.25) is 0 Å². The fraction of sp³-hybridized carbons (Fsp3) is 0.312. The van der Waals surface area contributed by atoms with Crippen LogP contribution < -0.4 is 10.6 Å². The SMILES string of the molecule is CC(Nc1ccc(C(=O)NC2CC2)nn1)c1ccccc1. The van der Waals surface area contributed by atoms with Gasteiger partial charge in [0.25, 0.3) is 5.91 Å². The first-order valence-electron chi connectivity index (χ1n) is 7.18. The smallest absolute Gasteiger partial charge is 0.272 e. The second-order valence-electron chi connectivity index (χ2n) is 5.33. The summed E-state index contributed by atoms with van der Waals surface area (Å²) < 4.78 is 0. The molecule has 1 aromatic carbocycles. The minimum atomic E-state index is -0.146. The van der Waals surface area contributed by atoms with E-state index in [1.54, 1.807) is 12.1 Å². The normalized spacial score (nSPS) is 15.3. The molecule has 5 nitrogen and oxygen atoms in total. The lowest BCUT2D eigenvalue weighted by molar-refractivity contribution is 0.0945. The zero-order valence-corrected chi connectivity index (χ0v) is 11.9. The molecule has 108 valence electrons. The molecule has 1 aromatic heterocycles. The van der Waals surface area contributed by atoms with Gasteiger partial charge >= 0.3 is 0 Å². The van der Waals surface area contributed by atoms with Gasteiger partial charge in [-0.05, 0) is 37.5 Å². The maximum Gasteiger partial charge on any atom is 0.272 e. The van der Waals surface area contributed by atoms with Crippen molar-refractivity contribution in [2.45, 2.75) is 31.8 Å². The van der Waals surface area contributed by atoms with E-state index in [2.05, 4.69) is 39.9 Å². The van der Waals surface area contributed by atoms with Gasteiger partial charge in [-0.2, -0.15) is 0 Å². The highest BCUT2D eigenvalue weighted by molar-refractivity contribution is 5.92. The van der Waals surface area contributed by atoms with Crippen LogP contribution in [0.25, 0.3) is 0 Å². The number of aromatic nitrogens is 2. The highest BCUT2D eigenvalue weighted by Gasteiger charge is 2.24. The first-order valence-corrected chi connectivity index (χ1v) is 7.18. The van der Waals surface area contributed by atoms with Gasteiger partial charge < -0.3 is 10.6 Å². The predicted molar refractivity (Wildman–Crippen MR) is 81.0 cm³/mol. The molecule has 1 atom stereocenters. The van der Waals surface area contributed by atoms with Crippen LogP contribution in [0.15, 0.2) is 42.5 Å². The molecular weight excluding hydrogens is 264 g/mol. The van der Waals surface area contributed by atoms with Crippen LogP contribution in [0.4, 0.5) is 5.82 Å². The standard InChI is InChI=1S/C16H18N4O/c1-11(12-5-3-2-4-6-12)17-15-10-9-14(19-20-15)16(21)18-13-7-8-13/h2-6,9-11,13H,7-8H2,1H3,(H,17,20)(H,18,21). The molecule has 0 radical (unpaired) electrons. The Balaban J connectivity index is 1.62. The quantitative estimate of drug-likeness (QED) is 0.884. The van der Waals surface area contributed by atoms with Crippen LogP contribution in [0.1, 0.15) is 41.9 Å². The van der Waals surface area contributed by atoms with E-state index in [1.165, 1.54) is 5.56 Å². The number of carbonyl (C=O) groups excluding carboxylic acids is 1. The van der Waals surface area contributed by atoms with Crippen LogP contribution in [0.5, 0.6) is 0 Å². The van der Waals surface area contributed by atoms with Crippen molar-refractivity contribution in [1.82, 2.24) is 15.5 Å². The summed E-state index contributed by atoms with van der Waals surface area (Å²) in [5, 5.41) is 14.2. The molecule has 1 amide bonds. The summed E-state index contributed by atoms with van der Waals surface area (Å²) in [4.78, 5) is 11.8. The van der Waals surface area contributed by atoms with E-state index < -0.39 is 0 Å². The zero-order valence-electron chi connectivity index (χ0n) is 11.9. The fourth-order valence-corrected chi connectivity index (χ4v) is 2.06. The first-order chi connectivity index (χ1) is 10.2. The molecule has 2 aromatic rings. The van der Waals surface area contributed by atoms with Gasteiger partial charge in [0.1, 0.15) is 5.82 Å². The Kier molecular flexibility index (Phi) is 3.81. The van der Waals surface area contributed by atoms with E-state index in [1.807, 2.05) is 18.2 Å². The number of anilines is 1. The van der Waals surface area contributed by atoms with Gasteiger partial charge in [0.2, 0.25) is 0 Å². The molecule has 21 heavy (non-hydrogen) atoms. The summed E-state index contributed by atoms with van der Waals surface area (Å²) >= 11 is 0. The molecule has 0 spiro atoms. The Bertz CT molecular complexity index is 608. The highest BCUT2D eigenvalue weighted by Crippen LogP contribution is 2.19. The van der Waals surface area contributed by atoms with Crippen LogP contribution in [0, 0.1) is 0 Å². The van der Waals surface area contributed by atoms with Crippen molar-refractivity contribution in [3.63, 3.8) is 0 Å². The minimum Gasteiger partial charge on any atom is -0.362 e. The van der Waals surface area contributed by atoms with Crippen molar-refractivity contribution in [3.05, 3.63) is 53.7 Å². The van der Waals surface area contributed by atoms with Crippen molar-refractivity contribution < 1.29 is 4.79 Å². The van der Waals surface area contributed by atoms with Gasteiger partial charge in [0, 0.05) is 12.1 Å². The van der Waals surface area contributed by atoms with Crippen LogP contribution in [-0.2, 0) is 0 Å². The molecule has 0 aliphatic heterocycles. The third-order valence-corrected chi connectivity index (χ3v) is 3.47. The van der Waals surface area contributed by atoms with E-state index in [0.717, 1.165) is 12.8 Å². The van der Waals surface area contributed by atoms with Gasteiger partial charge in [-0.15, -0.1) is 10.2 Å². The Morgan fingerprint density at radius 1 is 1.14 bits per heavy atom. The Labute approximate surface area is 123 Å². The number of rotatable bonds is 5. The molecule has 1 aliphatic carbocycles. The Morgan fingerprint density at radius 2 is 1.90 bits per heavy atom. The second kappa shape index (κ2) is 5.91. The van der Waals surface area contributed by atoms with Crippen molar-refractivity contribution in [3.8, 4) is 0 Å². The van der Waals surface area contributed by atoms with Gasteiger partial charge in [0.15, 0.2) is 5.69 Å². The van der Waals surface area contributed by atoms with Crippen molar-refractivity contribution in [2.75, 3.05) is 5.32 Å². The fourth-order valence-electron chi connectivity index (χ4n) is 2.06. The van der Waals surface area contributed by atoms with E-state index in [-0.39, 0.29) is 11.9 Å². The molecule has 2 N–H and O–H groups in total. The van der Waals surface area contributed by atoms with Gasteiger partial charge in [0.05, 0.1) is 0 Å². The highest BCUT2D eigenvalue weighted by atomic mass is 16.2. The molecule has 0 saturated heterocycles. The van der Waals surface area contributed by atoms with Crippen LogP contribution in [0.3, 0.4) is 0 Å². The zero-order chi connectivity index (χ0) is 14.7. The van der Waals surface area contributed by atoms with Gasteiger partial charge in [-0.25, -0.2) is 0 Å². The average Bonchev–Trinajstić information content (AvgIpc) is 3.33. The number of hydrogen-bond donors (Lipinski definition) is 2. The van der Waals surface area contributed by atoms with Crippen LogP contribution >= 0.6 is 0 Å². The Morgan fingerprint density at radius 3 is 2.52 bits per heavy atom. The summed E-state index contributed by atoms with van der Waals surface area (Å²) in [6, 6.07) is 14.1. The lowest BCUT2D eigenvalue weighted by Crippen LogP contribution is -2.26. The van der Waals surface area contributed by atoms with E-state index in [4.69, 9.17) is 0 Å². The third-order valence-electron chi connectivity index (χ3n) is 3.47. The number of benzene rings is 1. The monoisotopic (exact) mass is 282 g/mol. The first kappa shape index (κ1) is 13.5. The maximum absolute atomic E-state index is 11.8. The van der Waals surface area contributed by atoms with E-state index >= 15 is 0 Å². The summed E-state index contributed by atoms with van der Waals surface area (Å²) in [6.45, 7) is 2.06.